The van der Waals surface area contributed by atoms with Crippen molar-refractivity contribution in [3.63, 3.8) is 0 Å². The topological polar surface area (TPSA) is 97.3 Å². The molecule has 0 aliphatic carbocycles. The van der Waals surface area contributed by atoms with Crippen molar-refractivity contribution in [2.45, 2.75) is 26.2 Å². The first kappa shape index (κ1) is 14.1. The Morgan fingerprint density at radius 3 is 3.00 bits per heavy atom. The minimum Gasteiger partial charge on any atom is -0.370 e. The van der Waals surface area contributed by atoms with E-state index in [1.165, 1.54) is 0 Å². The van der Waals surface area contributed by atoms with E-state index in [2.05, 4.69) is 20.6 Å². The predicted molar refractivity (Wildman–Crippen MR) is 78.7 cm³/mol. The number of carbonyl (C=O) groups is 1. The highest BCUT2D eigenvalue weighted by atomic mass is 16.1. The maximum absolute atomic E-state index is 10.7. The first-order valence-corrected chi connectivity index (χ1v) is 6.80. The molecule has 2 heterocycles. The molecule has 2 aromatic rings. The molecule has 7 nitrogen and oxygen atoms in total. The van der Waals surface area contributed by atoms with Crippen LogP contribution in [0.2, 0.25) is 0 Å². The van der Waals surface area contributed by atoms with E-state index >= 15 is 0 Å². The molecule has 108 valence electrons. The van der Waals surface area contributed by atoms with Crippen LogP contribution in [0.15, 0.2) is 18.6 Å². The summed E-state index contributed by atoms with van der Waals surface area (Å²) in [4.78, 5) is 19.4. The van der Waals surface area contributed by atoms with Gasteiger partial charge in [-0.1, -0.05) is 0 Å². The van der Waals surface area contributed by atoms with Crippen molar-refractivity contribution in [2.75, 3.05) is 23.7 Å². The summed E-state index contributed by atoms with van der Waals surface area (Å²) in [5, 5.41) is 6.45. The molecule has 1 amide bonds. The smallest absolute Gasteiger partial charge is 0.217 e. The van der Waals surface area contributed by atoms with Gasteiger partial charge in [0.25, 0.3) is 0 Å². The van der Waals surface area contributed by atoms with Gasteiger partial charge in [0, 0.05) is 31.9 Å². The molecular formula is C13H20N6O. The molecule has 0 bridgehead atoms. The highest BCUT2D eigenvalue weighted by molar-refractivity contribution is 5.73. The normalized spacial score (nSPS) is 10.7. The number of aromatic nitrogens is 3. The van der Waals surface area contributed by atoms with Crippen molar-refractivity contribution >= 4 is 23.2 Å². The van der Waals surface area contributed by atoms with Crippen LogP contribution < -0.4 is 16.4 Å². The maximum atomic E-state index is 10.7. The van der Waals surface area contributed by atoms with E-state index in [1.807, 2.05) is 23.7 Å². The molecule has 0 aliphatic heterocycles. The van der Waals surface area contributed by atoms with Crippen LogP contribution in [0.5, 0.6) is 0 Å². The molecule has 7 heteroatoms. The van der Waals surface area contributed by atoms with Gasteiger partial charge in [-0.2, -0.15) is 0 Å². The number of nitrogens with zero attached hydrogens (tertiary/aromatic N) is 3. The molecule has 0 saturated heterocycles. The average Bonchev–Trinajstić information content (AvgIpc) is 2.86. The van der Waals surface area contributed by atoms with Gasteiger partial charge < -0.3 is 20.8 Å². The van der Waals surface area contributed by atoms with Crippen LogP contribution in [0.1, 0.15) is 26.2 Å². The van der Waals surface area contributed by atoms with E-state index in [0.717, 1.165) is 43.2 Å². The second-order valence-corrected chi connectivity index (χ2v) is 4.51. The fraction of sp³-hybridized carbons (Fsp3) is 0.462. The molecule has 2 aromatic heterocycles. The lowest BCUT2D eigenvalue weighted by Gasteiger charge is -2.10. The second-order valence-electron chi connectivity index (χ2n) is 4.51. The Morgan fingerprint density at radius 1 is 1.40 bits per heavy atom. The van der Waals surface area contributed by atoms with Crippen LogP contribution in [-0.2, 0) is 4.79 Å². The number of rotatable bonds is 8. The van der Waals surface area contributed by atoms with Crippen LogP contribution in [0.3, 0.4) is 0 Å². The molecular weight excluding hydrogens is 256 g/mol. The Balaban J connectivity index is 2.00. The number of amides is 1. The standard InChI is InChI=1S/C13H20N6O/c1-2-15-11-9-19-8-7-17-13(19)12(18-11)16-6-4-3-5-10(14)20/h7-9,15H,2-6H2,1H3,(H2,14,20)(H,16,18). The molecule has 2 rings (SSSR count). The summed E-state index contributed by atoms with van der Waals surface area (Å²) in [5.74, 6) is 1.29. The summed E-state index contributed by atoms with van der Waals surface area (Å²) in [6.45, 7) is 3.57. The molecule has 0 radical (unpaired) electrons. The predicted octanol–water partition coefficient (Wildman–Crippen LogP) is 1.23. The molecule has 0 aromatic carbocycles. The number of fused-ring (bicyclic) bond motifs is 1. The molecule has 20 heavy (non-hydrogen) atoms. The van der Waals surface area contributed by atoms with Gasteiger partial charge in [0.1, 0.15) is 5.82 Å². The summed E-state index contributed by atoms with van der Waals surface area (Å²) in [6.07, 6.45) is 7.60. The van der Waals surface area contributed by atoms with Crippen LogP contribution >= 0.6 is 0 Å². The van der Waals surface area contributed by atoms with E-state index in [-0.39, 0.29) is 5.91 Å². The van der Waals surface area contributed by atoms with Crippen molar-refractivity contribution in [3.8, 4) is 0 Å². The summed E-state index contributed by atoms with van der Waals surface area (Å²) in [5.41, 5.74) is 5.90. The van der Waals surface area contributed by atoms with Gasteiger partial charge in [-0.15, -0.1) is 0 Å². The first-order valence-electron chi connectivity index (χ1n) is 6.80. The fourth-order valence-corrected chi connectivity index (χ4v) is 1.95. The summed E-state index contributed by atoms with van der Waals surface area (Å²) in [7, 11) is 0. The summed E-state index contributed by atoms with van der Waals surface area (Å²) < 4.78 is 1.93. The SMILES string of the molecule is CCNc1cn2ccnc2c(NCCCCC(N)=O)n1. The zero-order chi connectivity index (χ0) is 14.4. The van der Waals surface area contributed by atoms with Gasteiger partial charge in [-0.05, 0) is 19.8 Å². The minimum atomic E-state index is -0.257. The van der Waals surface area contributed by atoms with E-state index in [0.29, 0.717) is 6.42 Å². The molecule has 0 fully saturated rings. The highest BCUT2D eigenvalue weighted by Gasteiger charge is 2.06. The molecule has 4 N–H and O–H groups in total. The zero-order valence-electron chi connectivity index (χ0n) is 11.6. The van der Waals surface area contributed by atoms with E-state index in [9.17, 15) is 4.79 Å². The van der Waals surface area contributed by atoms with Crippen LogP contribution in [0, 0.1) is 0 Å². The third-order valence-electron chi connectivity index (χ3n) is 2.87. The van der Waals surface area contributed by atoms with Gasteiger partial charge in [0.05, 0.1) is 6.20 Å². The van der Waals surface area contributed by atoms with E-state index < -0.39 is 0 Å². The quantitative estimate of drug-likeness (QED) is 0.630. The number of primary amides is 1. The number of hydrogen-bond acceptors (Lipinski definition) is 5. The Morgan fingerprint density at radius 2 is 2.25 bits per heavy atom. The Bertz CT molecular complexity index is 579. The van der Waals surface area contributed by atoms with Crippen molar-refractivity contribution < 1.29 is 4.79 Å². The third kappa shape index (κ3) is 3.59. The monoisotopic (exact) mass is 276 g/mol. The van der Waals surface area contributed by atoms with Gasteiger partial charge in [0.2, 0.25) is 5.91 Å². The Kier molecular flexibility index (Phi) is 4.75. The molecule has 0 spiro atoms. The van der Waals surface area contributed by atoms with Crippen LogP contribution in [0.25, 0.3) is 5.65 Å². The fourth-order valence-electron chi connectivity index (χ4n) is 1.95. The van der Waals surface area contributed by atoms with Gasteiger partial charge in [-0.25, -0.2) is 9.97 Å². The first-order chi connectivity index (χ1) is 9.70. The van der Waals surface area contributed by atoms with Crippen molar-refractivity contribution in [3.05, 3.63) is 18.6 Å². The van der Waals surface area contributed by atoms with Gasteiger partial charge >= 0.3 is 0 Å². The number of imidazole rings is 1. The lowest BCUT2D eigenvalue weighted by Crippen LogP contribution is -2.12. The van der Waals surface area contributed by atoms with Crippen LogP contribution in [-0.4, -0.2) is 33.4 Å². The second kappa shape index (κ2) is 6.74. The van der Waals surface area contributed by atoms with E-state index in [4.69, 9.17) is 5.73 Å². The maximum Gasteiger partial charge on any atom is 0.217 e. The van der Waals surface area contributed by atoms with Gasteiger partial charge in [0.15, 0.2) is 11.5 Å². The van der Waals surface area contributed by atoms with E-state index in [1.54, 1.807) is 6.20 Å². The molecule has 0 unspecified atom stereocenters. The summed E-state index contributed by atoms with van der Waals surface area (Å²) in [6, 6.07) is 0. The van der Waals surface area contributed by atoms with Crippen molar-refractivity contribution in [2.24, 2.45) is 5.73 Å². The largest absolute Gasteiger partial charge is 0.370 e. The molecule has 0 aliphatic rings. The lowest BCUT2D eigenvalue weighted by molar-refractivity contribution is -0.118. The zero-order valence-corrected chi connectivity index (χ0v) is 11.6. The van der Waals surface area contributed by atoms with Crippen molar-refractivity contribution in [1.29, 1.82) is 0 Å². The lowest BCUT2D eigenvalue weighted by atomic mass is 10.2. The number of anilines is 2. The summed E-state index contributed by atoms with van der Waals surface area (Å²) >= 11 is 0. The molecule has 0 atom stereocenters. The number of carbonyl (C=O) groups excluding carboxylic acids is 1. The van der Waals surface area contributed by atoms with Gasteiger partial charge in [-0.3, -0.25) is 4.79 Å². The number of unbranched alkanes of at least 4 members (excludes halogenated alkanes) is 1. The number of hydrogen-bond donors (Lipinski definition) is 3. The third-order valence-corrected chi connectivity index (χ3v) is 2.87. The molecule has 0 saturated carbocycles. The number of nitrogens with two attached hydrogens (primary N) is 1. The van der Waals surface area contributed by atoms with Crippen LogP contribution in [0.4, 0.5) is 11.6 Å². The Labute approximate surface area is 117 Å². The van der Waals surface area contributed by atoms with Crippen molar-refractivity contribution in [1.82, 2.24) is 14.4 Å². The minimum absolute atomic E-state index is 0.257. The number of nitrogens with one attached hydrogen (secondary N) is 2. The highest BCUT2D eigenvalue weighted by Crippen LogP contribution is 2.16. The Hall–Kier alpha value is -2.31. The average molecular weight is 276 g/mol.